The molecule has 5 rings (SSSR count). The number of aliphatic imine (C=N–C) groups is 1. The number of piperazine rings is 1. The van der Waals surface area contributed by atoms with Gasteiger partial charge in [-0.25, -0.2) is 4.99 Å². The van der Waals surface area contributed by atoms with Crippen LogP contribution in [-0.2, 0) is 0 Å². The fraction of sp³-hybridized carbons (Fsp3) is 0.375. The van der Waals surface area contributed by atoms with Crippen LogP contribution in [0.1, 0.15) is 24.8 Å². The summed E-state index contributed by atoms with van der Waals surface area (Å²) in [5, 5.41) is 10.7. The van der Waals surface area contributed by atoms with E-state index in [1.165, 1.54) is 5.56 Å². The Morgan fingerprint density at radius 3 is 2.61 bits per heavy atom. The highest BCUT2D eigenvalue weighted by molar-refractivity contribution is 5.96. The number of aromatic nitrogens is 5. The van der Waals surface area contributed by atoms with E-state index in [0.29, 0.717) is 23.7 Å². The number of aromatic amines is 1. The number of likely N-dealkylation sites (N-methyl/N-ethyl adjacent to an activating group) is 1. The van der Waals surface area contributed by atoms with Crippen LogP contribution in [0.4, 0.5) is 23.7 Å². The minimum Gasteiger partial charge on any atom is -0.338 e. The van der Waals surface area contributed by atoms with Crippen molar-refractivity contribution in [2.45, 2.75) is 26.2 Å². The average molecular weight is 444 g/mol. The quantitative estimate of drug-likeness (QED) is 0.617. The Balaban J connectivity index is 1.42. The van der Waals surface area contributed by atoms with Crippen LogP contribution < -0.4 is 10.2 Å². The Morgan fingerprint density at radius 2 is 1.85 bits per heavy atom. The number of H-pyrrole nitrogens is 1. The highest BCUT2D eigenvalue weighted by Crippen LogP contribution is 2.24. The molecule has 1 saturated heterocycles. The zero-order valence-corrected chi connectivity index (χ0v) is 19.1. The first-order valence-corrected chi connectivity index (χ1v) is 11.5. The number of allylic oxidation sites excluding steroid dienone is 2. The van der Waals surface area contributed by atoms with Crippen LogP contribution in [0.2, 0.25) is 0 Å². The number of anilines is 3. The number of aryl methyl sites for hydroxylation is 1. The van der Waals surface area contributed by atoms with Gasteiger partial charge in [-0.1, -0.05) is 35.9 Å². The molecule has 1 aliphatic carbocycles. The van der Waals surface area contributed by atoms with Crippen molar-refractivity contribution >= 4 is 29.4 Å². The van der Waals surface area contributed by atoms with Gasteiger partial charge in [0.1, 0.15) is 0 Å². The van der Waals surface area contributed by atoms with Crippen molar-refractivity contribution in [3.63, 3.8) is 0 Å². The molecule has 1 aromatic carbocycles. The molecular formula is C24H29N9. The molecule has 0 spiro atoms. The van der Waals surface area contributed by atoms with Crippen molar-refractivity contribution in [1.29, 1.82) is 0 Å². The average Bonchev–Trinajstić information content (AvgIpc) is 3.29. The van der Waals surface area contributed by atoms with Crippen LogP contribution >= 0.6 is 0 Å². The Bertz CT molecular complexity index is 1150. The van der Waals surface area contributed by atoms with Gasteiger partial charge >= 0.3 is 0 Å². The van der Waals surface area contributed by atoms with E-state index in [9.17, 15) is 0 Å². The third kappa shape index (κ3) is 5.25. The largest absolute Gasteiger partial charge is 0.338 e. The molecule has 0 amide bonds. The molecule has 0 bridgehead atoms. The summed E-state index contributed by atoms with van der Waals surface area (Å²) in [7, 11) is 2.13. The lowest BCUT2D eigenvalue weighted by atomic mass is 10.1. The van der Waals surface area contributed by atoms with E-state index in [1.54, 1.807) is 0 Å². The summed E-state index contributed by atoms with van der Waals surface area (Å²) in [6.07, 6.45) is 7.36. The maximum absolute atomic E-state index is 4.71. The molecule has 2 aromatic heterocycles. The first-order chi connectivity index (χ1) is 16.1. The van der Waals surface area contributed by atoms with Crippen LogP contribution in [0, 0.1) is 6.92 Å². The second-order valence-electron chi connectivity index (χ2n) is 8.60. The molecule has 0 unspecified atom stereocenters. The molecule has 33 heavy (non-hydrogen) atoms. The number of rotatable bonds is 5. The van der Waals surface area contributed by atoms with Crippen LogP contribution in [0.15, 0.2) is 47.5 Å². The molecule has 0 radical (unpaired) electrons. The summed E-state index contributed by atoms with van der Waals surface area (Å²) in [6, 6.07) is 10.3. The first-order valence-electron chi connectivity index (χ1n) is 11.5. The van der Waals surface area contributed by atoms with Gasteiger partial charge in [0.15, 0.2) is 5.82 Å². The Morgan fingerprint density at radius 1 is 1.03 bits per heavy atom. The molecule has 1 fully saturated rings. The second kappa shape index (κ2) is 9.50. The van der Waals surface area contributed by atoms with Gasteiger partial charge in [0.2, 0.25) is 11.9 Å². The smallest absolute Gasteiger partial charge is 0.256 e. The maximum Gasteiger partial charge on any atom is 0.256 e. The number of hydrogen-bond donors (Lipinski definition) is 2. The lowest BCUT2D eigenvalue weighted by Crippen LogP contribution is -2.45. The van der Waals surface area contributed by atoms with E-state index < -0.39 is 0 Å². The molecule has 0 atom stereocenters. The SMILES string of the molecule is Cc1ccc(-c2cc(Nc3nc(N=C4C=CCCC4)nc(N4CCN(C)CC4)n3)n[nH]2)cc1. The Kier molecular flexibility index (Phi) is 6.12. The first kappa shape index (κ1) is 21.3. The molecule has 9 heteroatoms. The van der Waals surface area contributed by atoms with Crippen molar-refractivity contribution in [2.75, 3.05) is 43.4 Å². The number of nitrogens with one attached hydrogen (secondary N) is 2. The van der Waals surface area contributed by atoms with Gasteiger partial charge in [0.25, 0.3) is 5.95 Å². The molecule has 0 saturated carbocycles. The number of nitrogens with zero attached hydrogens (tertiary/aromatic N) is 7. The summed E-state index contributed by atoms with van der Waals surface area (Å²) < 4.78 is 0. The monoisotopic (exact) mass is 443 g/mol. The standard InChI is InChI=1S/C24H29N9/c1-17-8-10-18(11-9-17)20-16-21(31-30-20)26-23-27-22(25-19-6-4-3-5-7-19)28-24(29-23)33-14-12-32(2)13-15-33/h4,6,8-11,16H,3,5,7,12-15H2,1-2H3,(H2,26,27,28,29,30,31). The third-order valence-electron chi connectivity index (χ3n) is 5.94. The molecular weight excluding hydrogens is 414 g/mol. The fourth-order valence-electron chi connectivity index (χ4n) is 3.91. The van der Waals surface area contributed by atoms with Gasteiger partial charge in [-0.05, 0) is 44.9 Å². The molecule has 170 valence electrons. The summed E-state index contributed by atoms with van der Waals surface area (Å²) in [5.41, 5.74) is 4.23. The van der Waals surface area contributed by atoms with Crippen LogP contribution in [-0.4, -0.2) is 69.0 Å². The highest BCUT2D eigenvalue weighted by Gasteiger charge is 2.19. The molecule has 3 aromatic rings. The predicted octanol–water partition coefficient (Wildman–Crippen LogP) is 3.88. The van der Waals surface area contributed by atoms with Crippen molar-refractivity contribution < 1.29 is 0 Å². The molecule has 3 heterocycles. The zero-order chi connectivity index (χ0) is 22.6. The van der Waals surface area contributed by atoms with Gasteiger partial charge in [0.05, 0.1) is 5.69 Å². The lowest BCUT2D eigenvalue weighted by Gasteiger charge is -2.32. The van der Waals surface area contributed by atoms with Gasteiger partial charge in [-0.15, -0.1) is 0 Å². The van der Waals surface area contributed by atoms with Gasteiger partial charge in [0, 0.05) is 38.0 Å². The van der Waals surface area contributed by atoms with E-state index in [0.717, 1.165) is 62.4 Å². The van der Waals surface area contributed by atoms with E-state index in [-0.39, 0.29) is 0 Å². The van der Waals surface area contributed by atoms with Crippen molar-refractivity contribution in [1.82, 2.24) is 30.0 Å². The summed E-state index contributed by atoms with van der Waals surface area (Å²) in [5.74, 6) is 2.17. The second-order valence-corrected chi connectivity index (χ2v) is 8.60. The minimum atomic E-state index is 0.428. The Hall–Kier alpha value is -3.59. The number of hydrogen-bond acceptors (Lipinski definition) is 8. The topological polar surface area (TPSA) is 98.2 Å². The summed E-state index contributed by atoms with van der Waals surface area (Å²) in [4.78, 5) is 23.2. The van der Waals surface area contributed by atoms with Crippen molar-refractivity contribution in [3.8, 4) is 11.3 Å². The molecule has 1 aliphatic heterocycles. The fourth-order valence-corrected chi connectivity index (χ4v) is 3.91. The molecule has 2 N–H and O–H groups in total. The van der Waals surface area contributed by atoms with E-state index >= 15 is 0 Å². The van der Waals surface area contributed by atoms with E-state index in [4.69, 9.17) is 9.98 Å². The Labute approximate surface area is 193 Å². The third-order valence-corrected chi connectivity index (χ3v) is 5.94. The van der Waals surface area contributed by atoms with Crippen LogP contribution in [0.3, 0.4) is 0 Å². The summed E-state index contributed by atoms with van der Waals surface area (Å²) in [6.45, 7) is 5.76. The van der Waals surface area contributed by atoms with Crippen molar-refractivity contribution in [3.05, 3.63) is 48.0 Å². The van der Waals surface area contributed by atoms with Gasteiger partial charge in [-0.2, -0.15) is 20.1 Å². The number of benzene rings is 1. The lowest BCUT2D eigenvalue weighted by molar-refractivity contribution is 0.311. The summed E-state index contributed by atoms with van der Waals surface area (Å²) >= 11 is 0. The maximum atomic E-state index is 4.71. The highest BCUT2D eigenvalue weighted by atomic mass is 15.4. The molecule has 9 nitrogen and oxygen atoms in total. The minimum absolute atomic E-state index is 0.428. The van der Waals surface area contributed by atoms with Crippen LogP contribution in [0.25, 0.3) is 11.3 Å². The van der Waals surface area contributed by atoms with E-state index in [2.05, 4.69) is 85.7 Å². The predicted molar refractivity (Wildman–Crippen MR) is 132 cm³/mol. The van der Waals surface area contributed by atoms with E-state index in [1.807, 2.05) is 6.07 Å². The van der Waals surface area contributed by atoms with Crippen molar-refractivity contribution in [2.24, 2.45) is 4.99 Å². The molecule has 2 aliphatic rings. The van der Waals surface area contributed by atoms with Gasteiger partial charge < -0.3 is 15.1 Å². The van der Waals surface area contributed by atoms with Gasteiger partial charge in [-0.3, -0.25) is 5.10 Å². The zero-order valence-electron chi connectivity index (χ0n) is 19.1. The van der Waals surface area contributed by atoms with Crippen LogP contribution in [0.5, 0.6) is 0 Å². The normalized spacial score (nSPS) is 18.1.